The van der Waals surface area contributed by atoms with Gasteiger partial charge in [0.25, 0.3) is 10.0 Å². The highest BCUT2D eigenvalue weighted by molar-refractivity contribution is 7.92. The van der Waals surface area contributed by atoms with E-state index in [1.807, 2.05) is 31.2 Å². The number of aliphatic hydroxyl groups is 1. The molecular formula is C31H35F3N2O4S. The van der Waals surface area contributed by atoms with Gasteiger partial charge in [-0.15, -0.1) is 0 Å². The van der Waals surface area contributed by atoms with Crippen LogP contribution in [0.4, 0.5) is 18.9 Å². The summed E-state index contributed by atoms with van der Waals surface area (Å²) in [7, 11) is -4.23. The molecule has 0 radical (unpaired) electrons. The normalized spacial score (nSPS) is 18.8. The lowest BCUT2D eigenvalue weighted by Crippen LogP contribution is -2.39. The van der Waals surface area contributed by atoms with E-state index in [4.69, 9.17) is 4.74 Å². The number of nitrogens with zero attached hydrogens (tertiary/aromatic N) is 1. The van der Waals surface area contributed by atoms with Gasteiger partial charge in [0, 0.05) is 29.8 Å². The Morgan fingerprint density at radius 2 is 1.80 bits per heavy atom. The van der Waals surface area contributed by atoms with E-state index in [1.54, 1.807) is 18.2 Å². The van der Waals surface area contributed by atoms with Gasteiger partial charge in [-0.25, -0.2) is 4.98 Å². The minimum absolute atomic E-state index is 0.211. The number of hydrogen-bond acceptors (Lipinski definition) is 5. The van der Waals surface area contributed by atoms with Crippen molar-refractivity contribution in [1.82, 2.24) is 4.98 Å². The lowest BCUT2D eigenvalue weighted by Gasteiger charge is -2.39. The summed E-state index contributed by atoms with van der Waals surface area (Å²) in [6.07, 6.45) is 0.302. The maximum Gasteiger partial charge on any atom is 0.417 e. The number of aromatic nitrogens is 1. The number of aryl methyl sites for hydroxylation is 1. The van der Waals surface area contributed by atoms with Gasteiger partial charge < -0.3 is 9.84 Å². The van der Waals surface area contributed by atoms with Gasteiger partial charge in [0.05, 0.1) is 23.5 Å². The third-order valence-corrected chi connectivity index (χ3v) is 8.82. The van der Waals surface area contributed by atoms with Crippen molar-refractivity contribution in [3.63, 3.8) is 0 Å². The molecule has 1 aliphatic heterocycles. The van der Waals surface area contributed by atoms with Crippen LogP contribution in [0.3, 0.4) is 0 Å². The molecule has 220 valence electrons. The molecule has 0 saturated carbocycles. The molecule has 1 aromatic heterocycles. The Bertz CT molecular complexity index is 1460. The van der Waals surface area contributed by atoms with Crippen molar-refractivity contribution in [1.29, 1.82) is 0 Å². The van der Waals surface area contributed by atoms with Crippen molar-refractivity contribution >= 4 is 15.7 Å². The van der Waals surface area contributed by atoms with Gasteiger partial charge in [-0.2, -0.15) is 21.6 Å². The van der Waals surface area contributed by atoms with Crippen LogP contribution in [-0.4, -0.2) is 30.7 Å². The van der Waals surface area contributed by atoms with E-state index in [1.165, 1.54) is 5.56 Å². The Labute approximate surface area is 239 Å². The predicted molar refractivity (Wildman–Crippen MR) is 152 cm³/mol. The fourth-order valence-corrected chi connectivity index (χ4v) is 6.40. The second-order valence-corrected chi connectivity index (χ2v) is 12.1. The molecule has 0 spiro atoms. The van der Waals surface area contributed by atoms with Gasteiger partial charge in [-0.1, -0.05) is 62.7 Å². The van der Waals surface area contributed by atoms with E-state index < -0.39 is 32.4 Å². The van der Waals surface area contributed by atoms with Crippen LogP contribution in [0.2, 0.25) is 0 Å². The number of alkyl halides is 3. The first-order chi connectivity index (χ1) is 19.5. The van der Waals surface area contributed by atoms with E-state index in [2.05, 4.69) is 28.8 Å². The number of pyridine rings is 1. The second-order valence-electron chi connectivity index (χ2n) is 10.4. The summed E-state index contributed by atoms with van der Waals surface area (Å²) in [5.74, 6) is 0.0990. The minimum atomic E-state index is -4.62. The number of ether oxygens (including phenoxy) is 1. The van der Waals surface area contributed by atoms with Gasteiger partial charge in [-0.05, 0) is 61.1 Å². The number of rotatable bonds is 11. The monoisotopic (exact) mass is 588 g/mol. The Balaban J connectivity index is 1.52. The van der Waals surface area contributed by atoms with Crippen molar-refractivity contribution in [3.8, 4) is 0 Å². The zero-order valence-electron chi connectivity index (χ0n) is 23.1. The van der Waals surface area contributed by atoms with Crippen LogP contribution in [0.15, 0.2) is 89.3 Å². The number of hydrogen-bond donors (Lipinski definition) is 2. The van der Waals surface area contributed by atoms with Crippen LogP contribution < -0.4 is 4.72 Å². The smallest absolute Gasteiger partial charge is 0.417 e. The predicted octanol–water partition coefficient (Wildman–Crippen LogP) is 7.80. The molecule has 2 heterocycles. The maximum absolute atomic E-state index is 12.9. The van der Waals surface area contributed by atoms with E-state index in [0.717, 1.165) is 42.9 Å². The first-order valence-corrected chi connectivity index (χ1v) is 15.2. The summed E-state index contributed by atoms with van der Waals surface area (Å²) < 4.78 is 73.1. The van der Waals surface area contributed by atoms with Gasteiger partial charge in [0.15, 0.2) is 5.03 Å². The molecule has 10 heteroatoms. The Kier molecular flexibility index (Phi) is 9.44. The molecule has 2 atom stereocenters. The van der Waals surface area contributed by atoms with Crippen LogP contribution in [-0.2, 0) is 27.4 Å². The highest BCUT2D eigenvalue weighted by atomic mass is 32.2. The SMILES string of the molecule is CCC[C@@]1(CCc2ccccc2)CC(O)=C(C(CC)c2cccc(NS(=O)(=O)c3ccc(C(F)(F)F)cn3)c2)CO1. The zero-order valence-corrected chi connectivity index (χ0v) is 23.9. The summed E-state index contributed by atoms with van der Waals surface area (Å²) in [5.41, 5.74) is 1.52. The third-order valence-electron chi connectivity index (χ3n) is 7.52. The summed E-state index contributed by atoms with van der Waals surface area (Å²) in [6.45, 7) is 4.35. The van der Waals surface area contributed by atoms with Crippen LogP contribution in [0, 0.1) is 0 Å². The molecule has 4 rings (SSSR count). The molecule has 1 unspecified atom stereocenters. The van der Waals surface area contributed by atoms with E-state index >= 15 is 0 Å². The second kappa shape index (κ2) is 12.7. The Morgan fingerprint density at radius 1 is 1.05 bits per heavy atom. The molecule has 0 fully saturated rings. The quantitative estimate of drug-likeness (QED) is 0.239. The zero-order chi connectivity index (χ0) is 29.7. The summed E-state index contributed by atoms with van der Waals surface area (Å²) in [5, 5.41) is 10.8. The largest absolute Gasteiger partial charge is 0.512 e. The van der Waals surface area contributed by atoms with E-state index in [-0.39, 0.29) is 18.2 Å². The molecule has 1 aliphatic rings. The van der Waals surface area contributed by atoms with Crippen molar-refractivity contribution in [2.45, 2.75) is 75.1 Å². The summed E-state index contributed by atoms with van der Waals surface area (Å²) >= 11 is 0. The number of sulfonamides is 1. The molecule has 0 aliphatic carbocycles. The molecule has 0 saturated heterocycles. The lowest BCUT2D eigenvalue weighted by atomic mass is 9.80. The lowest BCUT2D eigenvalue weighted by molar-refractivity contribution is -0.137. The van der Waals surface area contributed by atoms with Crippen molar-refractivity contribution in [3.05, 3.63) is 101 Å². The molecule has 2 aromatic carbocycles. The number of aliphatic hydroxyl groups excluding tert-OH is 1. The average Bonchev–Trinajstić information content (AvgIpc) is 2.94. The standard InChI is InChI=1S/C31H35F3N2O4S/c1-3-16-30(17-15-22-9-6-5-7-10-22)19-28(37)27(21-40-30)26(4-2)23-11-8-12-25(18-23)36-41(38,39)29-14-13-24(20-35-29)31(32,33)34/h5-14,18,20,26,36-37H,3-4,15-17,19,21H2,1-2H3/t26?,30-/m1/s1. The van der Waals surface area contributed by atoms with Crippen molar-refractivity contribution in [2.75, 3.05) is 11.3 Å². The fourth-order valence-electron chi connectivity index (χ4n) is 5.42. The maximum atomic E-state index is 12.9. The van der Waals surface area contributed by atoms with Crippen LogP contribution in [0.25, 0.3) is 0 Å². The molecule has 0 bridgehead atoms. The van der Waals surface area contributed by atoms with Gasteiger partial charge in [0.2, 0.25) is 0 Å². The van der Waals surface area contributed by atoms with E-state index in [9.17, 15) is 26.7 Å². The average molecular weight is 589 g/mol. The Morgan fingerprint density at radius 3 is 2.41 bits per heavy atom. The first-order valence-electron chi connectivity index (χ1n) is 13.7. The molecule has 6 nitrogen and oxygen atoms in total. The molecule has 41 heavy (non-hydrogen) atoms. The van der Waals surface area contributed by atoms with Crippen molar-refractivity contribution < 1.29 is 31.4 Å². The Hall–Kier alpha value is -3.37. The fraction of sp³-hybridized carbons (Fsp3) is 0.387. The van der Waals surface area contributed by atoms with Crippen molar-refractivity contribution in [2.24, 2.45) is 0 Å². The highest BCUT2D eigenvalue weighted by Gasteiger charge is 2.38. The van der Waals surface area contributed by atoms with Gasteiger partial charge in [0.1, 0.15) is 0 Å². The topological polar surface area (TPSA) is 88.5 Å². The van der Waals surface area contributed by atoms with Gasteiger partial charge >= 0.3 is 6.18 Å². The summed E-state index contributed by atoms with van der Waals surface area (Å²) in [6, 6.07) is 18.5. The van der Waals surface area contributed by atoms with Crippen LogP contribution in [0.1, 0.15) is 68.6 Å². The summed E-state index contributed by atoms with van der Waals surface area (Å²) in [4.78, 5) is 3.51. The number of nitrogens with one attached hydrogen (secondary N) is 1. The first kappa shape index (κ1) is 30.6. The number of anilines is 1. The molecule has 0 amide bonds. The highest BCUT2D eigenvalue weighted by Crippen LogP contribution is 2.41. The van der Waals surface area contributed by atoms with Crippen LogP contribution in [0.5, 0.6) is 0 Å². The third kappa shape index (κ3) is 7.48. The van der Waals surface area contributed by atoms with E-state index in [0.29, 0.717) is 30.9 Å². The number of halogens is 3. The minimum Gasteiger partial charge on any atom is -0.512 e. The molecular weight excluding hydrogens is 553 g/mol. The molecule has 3 aromatic rings. The van der Waals surface area contributed by atoms with Gasteiger partial charge in [-0.3, -0.25) is 4.72 Å². The van der Waals surface area contributed by atoms with Crippen LogP contribution >= 0.6 is 0 Å². The molecule has 2 N–H and O–H groups in total. The number of benzene rings is 2.